The van der Waals surface area contributed by atoms with Gasteiger partial charge in [0.05, 0.1) is 0 Å². The molecule has 0 saturated heterocycles. The zero-order chi connectivity index (χ0) is 8.27. The Balaban J connectivity index is 2.27. The molecule has 2 unspecified atom stereocenters. The van der Waals surface area contributed by atoms with E-state index < -0.39 is 0 Å². The summed E-state index contributed by atoms with van der Waals surface area (Å²) in [6.45, 7) is 2.37. The number of hydrogen-bond donors (Lipinski definition) is 0. The zero-order valence-electron chi connectivity index (χ0n) is 7.51. The Labute approximate surface area is 74.2 Å². The van der Waals surface area contributed by atoms with Crippen LogP contribution in [0.5, 0.6) is 0 Å². The lowest BCUT2D eigenvalue weighted by molar-refractivity contribution is 0.257. The van der Waals surface area contributed by atoms with Crippen LogP contribution < -0.4 is 0 Å². The van der Waals surface area contributed by atoms with Crippen LogP contribution in [0.1, 0.15) is 32.6 Å². The van der Waals surface area contributed by atoms with E-state index in [1.807, 2.05) is 0 Å². The van der Waals surface area contributed by atoms with Crippen molar-refractivity contribution in [2.45, 2.75) is 38.6 Å². The summed E-state index contributed by atoms with van der Waals surface area (Å²) in [5.41, 5.74) is 0. The van der Waals surface area contributed by atoms with Crippen molar-refractivity contribution in [3.63, 3.8) is 0 Å². The average molecular weight is 191 g/mol. The molecule has 3 heteroatoms. The van der Waals surface area contributed by atoms with Crippen molar-refractivity contribution in [3.8, 4) is 0 Å². The lowest BCUT2D eigenvalue weighted by atomic mass is 9.87. The van der Waals surface area contributed by atoms with E-state index in [9.17, 15) is 0 Å². The Morgan fingerprint density at radius 3 is 2.27 bits per heavy atom. The first-order valence-corrected chi connectivity index (χ1v) is 7.18. The maximum Gasteiger partial charge on any atom is 0.0132 e. The molecule has 1 rings (SSSR count). The van der Waals surface area contributed by atoms with E-state index >= 15 is 0 Å². The second kappa shape index (κ2) is 4.75. The Morgan fingerprint density at radius 2 is 1.82 bits per heavy atom. The van der Waals surface area contributed by atoms with Gasteiger partial charge in [-0.3, -0.25) is 4.67 Å². The molecule has 1 aliphatic rings. The molecule has 0 aromatic carbocycles. The lowest BCUT2D eigenvalue weighted by Gasteiger charge is -2.32. The van der Waals surface area contributed by atoms with Crippen molar-refractivity contribution in [1.29, 1.82) is 0 Å². The number of nitrogens with zero attached hydrogens (tertiary/aromatic N) is 1. The second-order valence-electron chi connectivity index (χ2n) is 3.65. The highest BCUT2D eigenvalue weighted by atomic mass is 32.0. The van der Waals surface area contributed by atoms with Crippen molar-refractivity contribution in [2.24, 2.45) is 5.92 Å². The first-order chi connectivity index (χ1) is 5.24. The summed E-state index contributed by atoms with van der Waals surface area (Å²) >= 11 is 0. The van der Waals surface area contributed by atoms with Gasteiger partial charge in [-0.15, -0.1) is 0 Å². The van der Waals surface area contributed by atoms with Crippen LogP contribution in [0.4, 0.5) is 0 Å². The molecule has 1 aliphatic carbocycles. The van der Waals surface area contributed by atoms with Gasteiger partial charge in [-0.05, 0) is 47.1 Å². The Bertz CT molecular complexity index is 111. The van der Waals surface area contributed by atoms with Gasteiger partial charge in [-0.25, -0.2) is 0 Å². The molecule has 0 bridgehead atoms. The Hall–Kier alpha value is 0.820. The van der Waals surface area contributed by atoms with Crippen LogP contribution in [0.15, 0.2) is 0 Å². The molecule has 1 saturated carbocycles. The van der Waals surface area contributed by atoms with E-state index in [0.717, 1.165) is 20.4 Å². The van der Waals surface area contributed by atoms with Crippen molar-refractivity contribution in [2.75, 3.05) is 7.05 Å². The molecule has 1 fully saturated rings. The molecule has 0 aromatic rings. The molecule has 66 valence electrons. The van der Waals surface area contributed by atoms with Gasteiger partial charge in [0, 0.05) is 6.04 Å². The van der Waals surface area contributed by atoms with Gasteiger partial charge in [-0.2, -0.15) is 0 Å². The molecule has 0 amide bonds. The minimum Gasteiger partial charge on any atom is -0.281 e. The Morgan fingerprint density at radius 1 is 1.27 bits per heavy atom. The van der Waals surface area contributed by atoms with E-state index in [2.05, 4.69) is 27.6 Å². The molecule has 0 N–H and O–H groups in total. The molecule has 1 nitrogen and oxygen atoms in total. The molecule has 0 spiro atoms. The van der Waals surface area contributed by atoms with Gasteiger partial charge >= 0.3 is 0 Å². The SMILES string of the molecule is CN(PP)[C@H]1CC[C@H](C)CC1. The van der Waals surface area contributed by atoms with E-state index in [0.29, 0.717) is 0 Å². The first kappa shape index (κ1) is 9.90. The molecule has 0 aliphatic heterocycles. The van der Waals surface area contributed by atoms with E-state index in [-0.39, 0.29) is 0 Å². The monoisotopic (exact) mass is 191 g/mol. The van der Waals surface area contributed by atoms with Gasteiger partial charge in [0.1, 0.15) is 0 Å². The third-order valence-electron chi connectivity index (χ3n) is 2.74. The standard InChI is InChI=1S/C8H19NP2/c1-7-3-5-8(6-4-7)9(2)11-10/h7-8,11H,3-6,10H2,1-2H3/t7-,8-. The summed E-state index contributed by atoms with van der Waals surface area (Å²) < 4.78 is 2.48. The molecule has 11 heavy (non-hydrogen) atoms. The third-order valence-corrected chi connectivity index (χ3v) is 4.73. The quantitative estimate of drug-likeness (QED) is 0.606. The van der Waals surface area contributed by atoms with Crippen molar-refractivity contribution in [3.05, 3.63) is 0 Å². The predicted molar refractivity (Wildman–Crippen MR) is 57.2 cm³/mol. The van der Waals surface area contributed by atoms with Gasteiger partial charge < -0.3 is 0 Å². The van der Waals surface area contributed by atoms with Crippen LogP contribution in [0.2, 0.25) is 0 Å². The highest BCUT2D eigenvalue weighted by molar-refractivity contribution is 8.01. The summed E-state index contributed by atoms with van der Waals surface area (Å²) in [5, 5.41) is 0. The summed E-state index contributed by atoms with van der Waals surface area (Å²) in [4.78, 5) is 0. The number of rotatable bonds is 2. The Kier molecular flexibility index (Phi) is 4.28. The van der Waals surface area contributed by atoms with Gasteiger partial charge in [0.25, 0.3) is 0 Å². The van der Waals surface area contributed by atoms with Crippen LogP contribution in [0, 0.1) is 5.92 Å². The molecule has 0 aromatic heterocycles. The van der Waals surface area contributed by atoms with Gasteiger partial charge in [0.15, 0.2) is 0 Å². The predicted octanol–water partition coefficient (Wildman–Crippen LogP) is 2.88. The summed E-state index contributed by atoms with van der Waals surface area (Å²) in [5.74, 6) is 0.979. The van der Waals surface area contributed by atoms with Gasteiger partial charge in [0.2, 0.25) is 0 Å². The van der Waals surface area contributed by atoms with Crippen LogP contribution in [0.25, 0.3) is 0 Å². The molecule has 0 radical (unpaired) electrons. The fourth-order valence-electron chi connectivity index (χ4n) is 1.74. The second-order valence-corrected chi connectivity index (χ2v) is 5.39. The molecule has 0 heterocycles. The van der Waals surface area contributed by atoms with Crippen LogP contribution in [0.3, 0.4) is 0 Å². The highest BCUT2D eigenvalue weighted by Gasteiger charge is 2.20. The van der Waals surface area contributed by atoms with E-state index in [4.69, 9.17) is 0 Å². The summed E-state index contributed by atoms with van der Waals surface area (Å²) in [7, 11) is 5.98. The maximum absolute atomic E-state index is 2.83. The van der Waals surface area contributed by atoms with Crippen molar-refractivity contribution < 1.29 is 0 Å². The van der Waals surface area contributed by atoms with Crippen LogP contribution in [-0.2, 0) is 0 Å². The third kappa shape index (κ3) is 2.98. The smallest absolute Gasteiger partial charge is 0.0132 e. The average Bonchev–Trinajstić information content (AvgIpc) is 2.05. The van der Waals surface area contributed by atoms with Crippen molar-refractivity contribution in [1.82, 2.24) is 4.67 Å². The normalized spacial score (nSPS) is 33.8. The van der Waals surface area contributed by atoms with E-state index in [1.54, 1.807) is 0 Å². The van der Waals surface area contributed by atoms with Crippen molar-refractivity contribution >= 4 is 17.3 Å². The fraction of sp³-hybridized carbons (Fsp3) is 1.00. The molecule has 2 atom stereocenters. The van der Waals surface area contributed by atoms with Crippen LogP contribution in [-0.4, -0.2) is 17.8 Å². The highest BCUT2D eigenvalue weighted by Crippen LogP contribution is 2.34. The minimum atomic E-state index is 0.877. The number of hydrogen-bond acceptors (Lipinski definition) is 1. The summed E-state index contributed by atoms with van der Waals surface area (Å²) in [6, 6.07) is 0.877. The minimum absolute atomic E-state index is 0.877. The van der Waals surface area contributed by atoms with E-state index in [1.165, 1.54) is 25.7 Å². The summed E-state index contributed by atoms with van der Waals surface area (Å²) in [6.07, 6.45) is 5.70. The maximum atomic E-state index is 2.83. The lowest BCUT2D eigenvalue weighted by Crippen LogP contribution is -2.28. The molecular formula is C8H19NP2. The largest absolute Gasteiger partial charge is 0.281 e. The van der Waals surface area contributed by atoms with Crippen LogP contribution >= 0.6 is 17.3 Å². The molecular weight excluding hydrogens is 172 g/mol. The fourth-order valence-corrected chi connectivity index (χ4v) is 2.84. The first-order valence-electron chi connectivity index (χ1n) is 4.43. The topological polar surface area (TPSA) is 3.24 Å². The zero-order valence-corrected chi connectivity index (χ0v) is 9.66. The van der Waals surface area contributed by atoms with Gasteiger partial charge in [-0.1, -0.05) is 15.9 Å².